The molecule has 0 radical (unpaired) electrons. The molecule has 2 aromatic rings. The largest absolute Gasteiger partial charge is 0.497 e. The summed E-state index contributed by atoms with van der Waals surface area (Å²) in [6.07, 6.45) is 1.26. The number of hydrogen-bond acceptors (Lipinski definition) is 5. The number of rotatable bonds is 4. The minimum atomic E-state index is -3.56. The summed E-state index contributed by atoms with van der Waals surface area (Å²) in [6, 6.07) is 14.1. The number of amides is 1. The van der Waals surface area contributed by atoms with Crippen molar-refractivity contribution in [3.8, 4) is 5.75 Å². The lowest BCUT2D eigenvalue weighted by atomic mass is 10.0. The molecule has 0 atom stereocenters. The normalized spacial score (nSPS) is 19.2. The molecule has 2 aliphatic heterocycles. The Morgan fingerprint density at radius 1 is 1.07 bits per heavy atom. The second kappa shape index (κ2) is 8.24. The number of piperidine rings is 1. The summed E-state index contributed by atoms with van der Waals surface area (Å²) < 4.78 is 32.8. The van der Waals surface area contributed by atoms with Gasteiger partial charge in [0.05, 0.1) is 16.9 Å². The number of carbonyl (C=O) groups is 1. The first kappa shape index (κ1) is 21.2. The van der Waals surface area contributed by atoms with Crippen LogP contribution in [0.5, 0.6) is 5.75 Å². The van der Waals surface area contributed by atoms with Crippen molar-refractivity contribution in [2.75, 3.05) is 32.5 Å². The van der Waals surface area contributed by atoms with Gasteiger partial charge < -0.3 is 9.64 Å². The first-order chi connectivity index (χ1) is 14.4. The summed E-state index contributed by atoms with van der Waals surface area (Å²) in [7, 11) is -2.01. The third kappa shape index (κ3) is 3.84. The number of thioether (sulfide) groups is 1. The predicted molar refractivity (Wildman–Crippen MR) is 118 cm³/mol. The molecule has 6 nitrogen and oxygen atoms in total. The number of carbonyl (C=O) groups excluding carboxylic acids is 1. The molecule has 1 amide bonds. The Labute approximate surface area is 182 Å². The van der Waals surface area contributed by atoms with Gasteiger partial charge in [0, 0.05) is 31.0 Å². The minimum absolute atomic E-state index is 0.0372. The fourth-order valence-corrected chi connectivity index (χ4v) is 7.11. The molecular weight excluding hydrogens is 420 g/mol. The summed E-state index contributed by atoms with van der Waals surface area (Å²) >= 11 is 1.78. The van der Waals surface area contributed by atoms with E-state index in [-0.39, 0.29) is 15.7 Å². The summed E-state index contributed by atoms with van der Waals surface area (Å²) in [6.45, 7) is 3.48. The minimum Gasteiger partial charge on any atom is -0.497 e. The van der Waals surface area contributed by atoms with Gasteiger partial charge in [-0.2, -0.15) is 4.31 Å². The molecule has 2 saturated heterocycles. The van der Waals surface area contributed by atoms with E-state index in [1.165, 1.54) is 4.31 Å². The van der Waals surface area contributed by atoms with Crippen molar-refractivity contribution in [2.45, 2.75) is 29.5 Å². The van der Waals surface area contributed by atoms with E-state index in [0.717, 1.165) is 11.3 Å². The smallest absolute Gasteiger partial charge is 0.255 e. The summed E-state index contributed by atoms with van der Waals surface area (Å²) in [4.78, 5) is 15.1. The van der Waals surface area contributed by atoms with Crippen LogP contribution in [-0.2, 0) is 10.0 Å². The predicted octanol–water partition coefficient (Wildman–Crippen LogP) is 3.37. The Hall–Kier alpha value is -2.03. The van der Waals surface area contributed by atoms with Gasteiger partial charge in [0.1, 0.15) is 5.75 Å². The highest BCUT2D eigenvalue weighted by atomic mass is 32.2. The SMILES string of the molecule is COc1ccc(S(=O)(=O)N2CCC3(CC2)SCCN3C(=O)c2cccc(C)c2)cc1. The molecule has 2 aliphatic rings. The molecule has 2 heterocycles. The van der Waals surface area contributed by atoms with E-state index in [9.17, 15) is 13.2 Å². The van der Waals surface area contributed by atoms with Gasteiger partial charge in [-0.25, -0.2) is 8.42 Å². The Balaban J connectivity index is 1.50. The number of nitrogens with zero attached hydrogens (tertiary/aromatic N) is 2. The van der Waals surface area contributed by atoms with Crippen LogP contribution in [0.3, 0.4) is 0 Å². The van der Waals surface area contributed by atoms with Gasteiger partial charge in [0.25, 0.3) is 5.91 Å². The molecule has 0 unspecified atom stereocenters. The van der Waals surface area contributed by atoms with Crippen molar-refractivity contribution in [3.63, 3.8) is 0 Å². The fourth-order valence-electron chi connectivity index (χ4n) is 4.22. The van der Waals surface area contributed by atoms with Gasteiger partial charge >= 0.3 is 0 Å². The topological polar surface area (TPSA) is 66.9 Å². The molecule has 0 N–H and O–H groups in total. The fraction of sp³-hybridized carbons (Fsp3) is 0.409. The second-order valence-corrected chi connectivity index (χ2v) is 11.1. The van der Waals surface area contributed by atoms with Gasteiger partial charge in [0.2, 0.25) is 10.0 Å². The number of aryl methyl sites for hydroxylation is 1. The van der Waals surface area contributed by atoms with E-state index in [2.05, 4.69) is 0 Å². The van der Waals surface area contributed by atoms with Gasteiger partial charge in [0.15, 0.2) is 0 Å². The Morgan fingerprint density at radius 2 is 1.77 bits per heavy atom. The lowest BCUT2D eigenvalue weighted by molar-refractivity contribution is 0.0605. The lowest BCUT2D eigenvalue weighted by Gasteiger charge is -2.43. The standard InChI is InChI=1S/C22H26N2O4S2/c1-17-4-3-5-18(16-17)21(25)24-14-15-29-22(24)10-12-23(13-11-22)30(26,27)20-8-6-19(28-2)7-9-20/h3-9,16H,10-15H2,1-2H3. The third-order valence-corrected chi connectivity index (χ3v) is 9.35. The maximum absolute atomic E-state index is 13.2. The van der Waals surface area contributed by atoms with Crippen LogP contribution in [0.25, 0.3) is 0 Å². The highest BCUT2D eigenvalue weighted by Crippen LogP contribution is 2.45. The molecule has 1 spiro atoms. The van der Waals surface area contributed by atoms with Crippen LogP contribution in [0.1, 0.15) is 28.8 Å². The molecule has 0 aliphatic carbocycles. The van der Waals surface area contributed by atoms with E-state index in [1.54, 1.807) is 43.1 Å². The lowest BCUT2D eigenvalue weighted by Crippen LogP contribution is -2.53. The average molecular weight is 447 g/mol. The van der Waals surface area contributed by atoms with Gasteiger partial charge in [-0.3, -0.25) is 4.79 Å². The average Bonchev–Trinajstić information content (AvgIpc) is 3.16. The van der Waals surface area contributed by atoms with Crippen molar-refractivity contribution in [2.24, 2.45) is 0 Å². The molecule has 0 saturated carbocycles. The van der Waals surface area contributed by atoms with E-state index in [0.29, 0.717) is 43.8 Å². The number of sulfonamides is 1. The zero-order valence-corrected chi connectivity index (χ0v) is 18.8. The highest BCUT2D eigenvalue weighted by Gasteiger charge is 2.48. The van der Waals surface area contributed by atoms with Crippen LogP contribution in [0.15, 0.2) is 53.4 Å². The maximum Gasteiger partial charge on any atom is 0.255 e. The Morgan fingerprint density at radius 3 is 2.40 bits per heavy atom. The van der Waals surface area contributed by atoms with E-state index in [1.807, 2.05) is 36.1 Å². The molecule has 0 aromatic heterocycles. The molecule has 8 heteroatoms. The molecule has 4 rings (SSSR count). The van der Waals surface area contributed by atoms with Crippen LogP contribution in [0.4, 0.5) is 0 Å². The Kier molecular flexibility index (Phi) is 5.83. The van der Waals surface area contributed by atoms with Crippen LogP contribution >= 0.6 is 11.8 Å². The first-order valence-corrected chi connectivity index (χ1v) is 12.5. The molecule has 0 bridgehead atoms. The number of methoxy groups -OCH3 is 1. The van der Waals surface area contributed by atoms with Crippen molar-refractivity contribution in [1.82, 2.24) is 9.21 Å². The molecule has 30 heavy (non-hydrogen) atoms. The zero-order chi connectivity index (χ0) is 21.4. The van der Waals surface area contributed by atoms with Gasteiger partial charge in [-0.1, -0.05) is 17.7 Å². The monoisotopic (exact) mass is 446 g/mol. The van der Waals surface area contributed by atoms with Gasteiger partial charge in [-0.15, -0.1) is 11.8 Å². The van der Waals surface area contributed by atoms with Crippen molar-refractivity contribution < 1.29 is 17.9 Å². The summed E-state index contributed by atoms with van der Waals surface area (Å²) in [5, 5.41) is 0. The summed E-state index contributed by atoms with van der Waals surface area (Å²) in [5.74, 6) is 1.54. The van der Waals surface area contributed by atoms with Crippen molar-refractivity contribution in [3.05, 3.63) is 59.7 Å². The number of ether oxygens (including phenoxy) is 1. The van der Waals surface area contributed by atoms with Crippen LogP contribution in [0, 0.1) is 6.92 Å². The van der Waals surface area contributed by atoms with Crippen molar-refractivity contribution in [1.29, 1.82) is 0 Å². The Bertz CT molecular complexity index is 1030. The maximum atomic E-state index is 13.2. The highest BCUT2D eigenvalue weighted by molar-refractivity contribution is 8.00. The van der Waals surface area contributed by atoms with E-state index >= 15 is 0 Å². The van der Waals surface area contributed by atoms with Crippen molar-refractivity contribution >= 4 is 27.7 Å². The third-order valence-electron chi connectivity index (χ3n) is 5.89. The molecule has 160 valence electrons. The van der Waals surface area contributed by atoms with E-state index < -0.39 is 10.0 Å². The first-order valence-electron chi connectivity index (χ1n) is 10.0. The second-order valence-electron chi connectivity index (χ2n) is 7.70. The molecular formula is C22H26N2O4S2. The summed E-state index contributed by atoms with van der Waals surface area (Å²) in [5.41, 5.74) is 1.76. The quantitative estimate of drug-likeness (QED) is 0.720. The number of hydrogen-bond donors (Lipinski definition) is 0. The number of benzene rings is 2. The van der Waals surface area contributed by atoms with E-state index in [4.69, 9.17) is 4.74 Å². The van der Waals surface area contributed by atoms with Crippen LogP contribution in [-0.4, -0.2) is 60.9 Å². The van der Waals surface area contributed by atoms with Crippen LogP contribution in [0.2, 0.25) is 0 Å². The zero-order valence-electron chi connectivity index (χ0n) is 17.2. The van der Waals surface area contributed by atoms with Crippen LogP contribution < -0.4 is 4.74 Å². The molecule has 2 fully saturated rings. The molecule has 2 aromatic carbocycles. The van der Waals surface area contributed by atoms with Gasteiger partial charge in [-0.05, 0) is 56.2 Å².